The van der Waals surface area contributed by atoms with Crippen molar-refractivity contribution < 1.29 is 10.2 Å². The first-order valence-corrected chi connectivity index (χ1v) is 9.28. The molecule has 0 saturated heterocycles. The lowest BCUT2D eigenvalue weighted by Crippen LogP contribution is -2.32. The molecule has 0 bridgehead atoms. The van der Waals surface area contributed by atoms with Crippen molar-refractivity contribution in [3.05, 3.63) is 24.8 Å². The molecule has 0 radical (unpaired) electrons. The molecule has 0 spiro atoms. The Morgan fingerprint density at radius 2 is 1.04 bits per heavy atom. The van der Waals surface area contributed by atoms with E-state index in [1.807, 2.05) is 22.2 Å². The van der Waals surface area contributed by atoms with Crippen molar-refractivity contribution in [3.8, 4) is 0 Å². The van der Waals surface area contributed by atoms with Crippen LogP contribution < -0.4 is 0 Å². The van der Waals surface area contributed by atoms with E-state index in [4.69, 9.17) is 0 Å². The minimum Gasteiger partial charge on any atom is -0.374 e. The molecule has 2 atom stereocenters. The van der Waals surface area contributed by atoms with Crippen LogP contribution in [0.4, 0.5) is 0 Å². The van der Waals surface area contributed by atoms with Gasteiger partial charge in [-0.15, -0.1) is 0 Å². The second kappa shape index (κ2) is 9.79. The first-order chi connectivity index (χ1) is 11.6. The number of hydrogen-bond acceptors (Lipinski definition) is 6. The quantitative estimate of drug-likeness (QED) is 0.563. The highest BCUT2D eigenvalue weighted by Crippen LogP contribution is 2.13. The summed E-state index contributed by atoms with van der Waals surface area (Å²) in [4.78, 5) is 8.40. The Bertz CT molecular complexity index is 374. The molecule has 0 aromatic rings. The zero-order valence-electron chi connectivity index (χ0n) is 15.2. The third-order valence-corrected chi connectivity index (χ3v) is 4.73. The van der Waals surface area contributed by atoms with E-state index in [-0.39, 0.29) is 0 Å². The topological polar surface area (TPSA) is 53.4 Å². The Balaban J connectivity index is 1.39. The Kier molecular flexibility index (Phi) is 7.72. The molecule has 2 rings (SSSR count). The van der Waals surface area contributed by atoms with Crippen molar-refractivity contribution in [2.75, 3.05) is 26.4 Å². The fourth-order valence-corrected chi connectivity index (χ4v) is 3.08. The highest BCUT2D eigenvalue weighted by molar-refractivity contribution is 4.91. The average molecular weight is 338 g/mol. The maximum atomic E-state index is 9.51. The first kappa shape index (κ1) is 18.9. The number of hydrogen-bond donors (Lipinski definition) is 2. The van der Waals surface area contributed by atoms with Crippen molar-refractivity contribution in [2.24, 2.45) is 0 Å². The maximum Gasteiger partial charge on any atom is 0.125 e. The third kappa shape index (κ3) is 6.24. The molecule has 138 valence electrons. The van der Waals surface area contributed by atoms with Crippen molar-refractivity contribution in [3.63, 3.8) is 0 Å². The summed E-state index contributed by atoms with van der Waals surface area (Å²) < 4.78 is 0. The van der Waals surface area contributed by atoms with Gasteiger partial charge in [-0.05, 0) is 26.7 Å². The Labute approximate surface area is 146 Å². The molecule has 2 aliphatic rings. The van der Waals surface area contributed by atoms with Crippen LogP contribution in [0.15, 0.2) is 24.8 Å². The Morgan fingerprint density at radius 1 is 0.667 bits per heavy atom. The second-order valence-corrected chi connectivity index (χ2v) is 6.92. The van der Waals surface area contributed by atoms with Crippen LogP contribution in [0.25, 0.3) is 0 Å². The van der Waals surface area contributed by atoms with Gasteiger partial charge in [-0.3, -0.25) is 0 Å². The molecule has 24 heavy (non-hydrogen) atoms. The largest absolute Gasteiger partial charge is 0.374 e. The molecule has 0 saturated carbocycles. The molecule has 2 heterocycles. The standard InChI is InChI=1S/C18H34N4O2/c1-17(23)21-13-11-19(15-21)9-7-5-3-4-6-8-10-20-12-14-22(16-20)18(2)24/h11-14,17-18,23-24H,3-10,15-16H2,1-2H3. The van der Waals surface area contributed by atoms with Crippen LogP contribution in [0.2, 0.25) is 0 Å². The zero-order valence-corrected chi connectivity index (χ0v) is 15.2. The van der Waals surface area contributed by atoms with E-state index in [0.29, 0.717) is 0 Å². The fraction of sp³-hybridized carbons (Fsp3) is 0.778. The SMILES string of the molecule is CC(O)N1C=CN(CCCCCCCCN2C=CN(C(C)O)C2)C1. The molecule has 0 aromatic heterocycles. The first-order valence-electron chi connectivity index (χ1n) is 9.28. The van der Waals surface area contributed by atoms with Crippen molar-refractivity contribution in [1.82, 2.24) is 19.6 Å². The summed E-state index contributed by atoms with van der Waals surface area (Å²) >= 11 is 0. The van der Waals surface area contributed by atoms with E-state index in [2.05, 4.69) is 22.2 Å². The molecule has 6 heteroatoms. The normalized spacial score (nSPS) is 19.7. The van der Waals surface area contributed by atoms with Gasteiger partial charge in [0, 0.05) is 37.9 Å². The summed E-state index contributed by atoms with van der Waals surface area (Å²) in [6, 6.07) is 0. The molecule has 2 unspecified atom stereocenters. The summed E-state index contributed by atoms with van der Waals surface area (Å²) in [7, 11) is 0. The van der Waals surface area contributed by atoms with Gasteiger partial charge in [-0.25, -0.2) is 0 Å². The molecule has 6 nitrogen and oxygen atoms in total. The van der Waals surface area contributed by atoms with E-state index in [9.17, 15) is 10.2 Å². The van der Waals surface area contributed by atoms with Gasteiger partial charge in [0.05, 0.1) is 13.3 Å². The number of nitrogens with zero attached hydrogens (tertiary/aromatic N) is 4. The van der Waals surface area contributed by atoms with Gasteiger partial charge < -0.3 is 29.8 Å². The van der Waals surface area contributed by atoms with Gasteiger partial charge in [0.1, 0.15) is 12.5 Å². The van der Waals surface area contributed by atoms with Crippen LogP contribution in [0.1, 0.15) is 52.4 Å². The average Bonchev–Trinajstić information content (AvgIpc) is 3.19. The van der Waals surface area contributed by atoms with Crippen LogP contribution in [-0.4, -0.2) is 68.7 Å². The van der Waals surface area contributed by atoms with Crippen molar-refractivity contribution in [2.45, 2.75) is 64.8 Å². The molecule has 2 aliphatic heterocycles. The van der Waals surface area contributed by atoms with E-state index >= 15 is 0 Å². The lowest BCUT2D eigenvalue weighted by molar-refractivity contribution is 0.0404. The van der Waals surface area contributed by atoms with Gasteiger partial charge in [0.2, 0.25) is 0 Å². The number of rotatable bonds is 11. The highest BCUT2D eigenvalue weighted by Gasteiger charge is 2.15. The van der Waals surface area contributed by atoms with Crippen molar-refractivity contribution >= 4 is 0 Å². The molecule has 0 aliphatic carbocycles. The summed E-state index contributed by atoms with van der Waals surface area (Å²) in [5.41, 5.74) is 0. The Hall–Kier alpha value is -1.40. The van der Waals surface area contributed by atoms with Crippen LogP contribution in [-0.2, 0) is 0 Å². The van der Waals surface area contributed by atoms with Gasteiger partial charge in [-0.2, -0.15) is 0 Å². The monoisotopic (exact) mass is 338 g/mol. The molecule has 0 fully saturated rings. The lowest BCUT2D eigenvalue weighted by Gasteiger charge is -2.23. The van der Waals surface area contributed by atoms with E-state index < -0.39 is 12.5 Å². The van der Waals surface area contributed by atoms with Gasteiger partial charge >= 0.3 is 0 Å². The predicted octanol–water partition coefficient (Wildman–Crippen LogP) is 2.10. The highest BCUT2D eigenvalue weighted by atomic mass is 16.3. The fourth-order valence-electron chi connectivity index (χ4n) is 3.08. The number of aliphatic hydroxyl groups excluding tert-OH is 2. The van der Waals surface area contributed by atoms with Gasteiger partial charge in [0.25, 0.3) is 0 Å². The molecule has 2 N–H and O–H groups in total. The summed E-state index contributed by atoms with van der Waals surface area (Å²) in [6.45, 7) is 7.37. The van der Waals surface area contributed by atoms with Gasteiger partial charge in [-0.1, -0.05) is 25.7 Å². The predicted molar refractivity (Wildman–Crippen MR) is 96.2 cm³/mol. The number of unbranched alkanes of at least 4 members (excludes halogenated alkanes) is 5. The smallest absolute Gasteiger partial charge is 0.125 e. The van der Waals surface area contributed by atoms with Crippen molar-refractivity contribution in [1.29, 1.82) is 0 Å². The summed E-state index contributed by atoms with van der Waals surface area (Å²) in [5.74, 6) is 0. The van der Waals surface area contributed by atoms with Crippen LogP contribution >= 0.6 is 0 Å². The van der Waals surface area contributed by atoms with Crippen LogP contribution in [0.3, 0.4) is 0 Å². The van der Waals surface area contributed by atoms with Crippen LogP contribution in [0.5, 0.6) is 0 Å². The third-order valence-electron chi connectivity index (χ3n) is 4.73. The molecule has 0 amide bonds. The molecule has 0 aromatic carbocycles. The number of aliphatic hydroxyl groups is 2. The second-order valence-electron chi connectivity index (χ2n) is 6.92. The summed E-state index contributed by atoms with van der Waals surface area (Å²) in [5, 5.41) is 19.0. The van der Waals surface area contributed by atoms with Gasteiger partial charge in [0.15, 0.2) is 0 Å². The van der Waals surface area contributed by atoms with Crippen LogP contribution in [0, 0.1) is 0 Å². The summed E-state index contributed by atoms with van der Waals surface area (Å²) in [6.07, 6.45) is 14.9. The Morgan fingerprint density at radius 3 is 1.38 bits per heavy atom. The van der Waals surface area contributed by atoms with E-state index in [0.717, 1.165) is 26.4 Å². The lowest BCUT2D eigenvalue weighted by atomic mass is 10.1. The van der Waals surface area contributed by atoms with E-state index in [1.165, 1.54) is 38.5 Å². The molecular weight excluding hydrogens is 304 g/mol. The minimum absolute atomic E-state index is 0.399. The molecular formula is C18H34N4O2. The minimum atomic E-state index is -0.399. The maximum absolute atomic E-state index is 9.51. The zero-order chi connectivity index (χ0) is 17.4. The van der Waals surface area contributed by atoms with E-state index in [1.54, 1.807) is 13.8 Å².